The summed E-state index contributed by atoms with van der Waals surface area (Å²) >= 11 is 0. The zero-order chi connectivity index (χ0) is 26.9. The lowest BCUT2D eigenvalue weighted by molar-refractivity contribution is -0.118. The second kappa shape index (κ2) is 12.7. The van der Waals surface area contributed by atoms with Gasteiger partial charge in [0.15, 0.2) is 5.78 Å². The summed E-state index contributed by atoms with van der Waals surface area (Å²) in [5.41, 5.74) is 3.24. The molecule has 0 spiro atoms. The number of hydrogen-bond donors (Lipinski definition) is 3. The normalized spacial score (nSPS) is 12.2. The molecule has 0 radical (unpaired) electrons. The van der Waals surface area contributed by atoms with Gasteiger partial charge in [-0.05, 0) is 68.1 Å². The van der Waals surface area contributed by atoms with E-state index in [9.17, 15) is 19.5 Å². The number of aromatic nitrogens is 1. The van der Waals surface area contributed by atoms with E-state index in [4.69, 9.17) is 4.74 Å². The first-order valence-electron chi connectivity index (χ1n) is 12.3. The van der Waals surface area contributed by atoms with Gasteiger partial charge in [-0.15, -0.1) is 0 Å². The number of amides is 1. The number of rotatable bonds is 11. The number of allylic oxidation sites excluding steroid dienone is 1. The summed E-state index contributed by atoms with van der Waals surface area (Å²) in [6, 6.07) is 12.5. The molecule has 1 atom stereocenters. The highest BCUT2D eigenvalue weighted by atomic mass is 16.5. The average molecular weight is 504 g/mol. The van der Waals surface area contributed by atoms with Crippen LogP contribution >= 0.6 is 0 Å². The first-order chi connectivity index (χ1) is 17.8. The molecule has 0 aliphatic heterocycles. The highest BCUT2D eigenvalue weighted by molar-refractivity contribution is 6.07. The zero-order valence-electron chi connectivity index (χ0n) is 21.6. The Balaban J connectivity index is 1.98. The number of nitrogens with zero attached hydrogens (tertiary/aromatic N) is 1. The Morgan fingerprint density at radius 3 is 2.46 bits per heavy atom. The fraction of sp³-hybridized carbons (Fsp3) is 0.310. The molecule has 1 unspecified atom stereocenters. The summed E-state index contributed by atoms with van der Waals surface area (Å²) in [6.07, 6.45) is 3.78. The van der Waals surface area contributed by atoms with Gasteiger partial charge in [0.1, 0.15) is 11.4 Å². The number of benzene rings is 2. The molecule has 0 saturated carbocycles. The van der Waals surface area contributed by atoms with E-state index in [0.717, 1.165) is 29.7 Å². The van der Waals surface area contributed by atoms with Crippen molar-refractivity contribution in [2.45, 2.75) is 46.1 Å². The van der Waals surface area contributed by atoms with Gasteiger partial charge in [-0.2, -0.15) is 0 Å². The maximum atomic E-state index is 13.2. The first kappa shape index (κ1) is 27.4. The third-order valence-electron chi connectivity index (χ3n) is 6.03. The van der Waals surface area contributed by atoms with Gasteiger partial charge in [-0.25, -0.2) is 9.78 Å². The third-order valence-corrected chi connectivity index (χ3v) is 6.03. The molecule has 1 amide bonds. The van der Waals surface area contributed by atoms with E-state index in [-0.39, 0.29) is 35.8 Å². The Hall–Kier alpha value is -4.20. The summed E-state index contributed by atoms with van der Waals surface area (Å²) in [5, 5.41) is 15.9. The molecule has 3 aromatic rings. The van der Waals surface area contributed by atoms with Gasteiger partial charge in [-0.1, -0.05) is 37.6 Å². The SMILES string of the molecule is C/C=C(\NC)c1ccc2nc(C(=O)NC(Cc3ccc(O)cc3)C(C)=O)cc(C(=O)OCCCC)c2c1. The lowest BCUT2D eigenvalue weighted by Gasteiger charge is -2.17. The summed E-state index contributed by atoms with van der Waals surface area (Å²) in [7, 11) is 1.81. The van der Waals surface area contributed by atoms with E-state index in [0.29, 0.717) is 10.9 Å². The molecule has 0 fully saturated rings. The van der Waals surface area contributed by atoms with Crippen LogP contribution in [0.4, 0.5) is 0 Å². The van der Waals surface area contributed by atoms with Crippen LogP contribution in [0, 0.1) is 0 Å². The maximum absolute atomic E-state index is 13.2. The minimum Gasteiger partial charge on any atom is -0.508 e. The molecule has 194 valence electrons. The molecule has 3 N–H and O–H groups in total. The number of phenolic OH excluding ortho intramolecular Hbond substituents is 1. The topological polar surface area (TPSA) is 118 Å². The molecule has 8 heteroatoms. The van der Waals surface area contributed by atoms with E-state index in [1.807, 2.05) is 39.1 Å². The quantitative estimate of drug-likeness (QED) is 0.262. The first-order valence-corrected chi connectivity index (χ1v) is 12.3. The maximum Gasteiger partial charge on any atom is 0.338 e. The lowest BCUT2D eigenvalue weighted by Crippen LogP contribution is -2.41. The standard InChI is InChI=1S/C29H33N3O5/c1-5-7-14-37-29(36)23-17-27(31-25-13-10-20(16-22(23)25)24(6-2)30-4)28(35)32-26(18(3)33)15-19-8-11-21(34)12-9-19/h6,8-13,16-17,26,30,34H,5,7,14-15H2,1-4H3,(H,32,35)/b24-6-. The van der Waals surface area contributed by atoms with Crippen LogP contribution in [0.1, 0.15) is 65.6 Å². The number of aromatic hydroxyl groups is 1. The summed E-state index contributed by atoms with van der Waals surface area (Å²) in [4.78, 5) is 43.1. The third kappa shape index (κ3) is 6.94. The molecule has 0 bridgehead atoms. The second-order valence-electron chi connectivity index (χ2n) is 8.74. The number of fused-ring (bicyclic) bond motifs is 1. The molecule has 3 rings (SSSR count). The van der Waals surface area contributed by atoms with Crippen molar-refractivity contribution < 1.29 is 24.2 Å². The van der Waals surface area contributed by atoms with Gasteiger partial charge >= 0.3 is 5.97 Å². The van der Waals surface area contributed by atoms with Crippen LogP contribution in [-0.4, -0.2) is 47.4 Å². The number of ether oxygens (including phenoxy) is 1. The molecule has 0 aliphatic carbocycles. The van der Waals surface area contributed by atoms with Gasteiger partial charge in [0.2, 0.25) is 0 Å². The van der Waals surface area contributed by atoms with Crippen molar-refractivity contribution in [3.63, 3.8) is 0 Å². The smallest absolute Gasteiger partial charge is 0.338 e. The number of esters is 1. The van der Waals surface area contributed by atoms with Gasteiger partial charge in [0.05, 0.1) is 23.7 Å². The van der Waals surface area contributed by atoms with Crippen molar-refractivity contribution in [3.8, 4) is 5.75 Å². The van der Waals surface area contributed by atoms with Crippen molar-refractivity contribution in [1.82, 2.24) is 15.6 Å². The van der Waals surface area contributed by atoms with Gasteiger partial charge in [0, 0.05) is 18.1 Å². The number of hydrogen-bond acceptors (Lipinski definition) is 7. The molecule has 37 heavy (non-hydrogen) atoms. The van der Waals surface area contributed by atoms with Crippen LogP contribution in [0.3, 0.4) is 0 Å². The number of ketones is 1. The number of pyridine rings is 1. The fourth-order valence-electron chi connectivity index (χ4n) is 3.92. The number of nitrogens with one attached hydrogen (secondary N) is 2. The molecule has 1 aromatic heterocycles. The number of carbonyl (C=O) groups excluding carboxylic acids is 3. The van der Waals surface area contributed by atoms with E-state index >= 15 is 0 Å². The molecule has 8 nitrogen and oxygen atoms in total. The van der Waals surface area contributed by atoms with Gasteiger partial charge in [-0.3, -0.25) is 9.59 Å². The van der Waals surface area contributed by atoms with Gasteiger partial charge < -0.3 is 20.5 Å². The van der Waals surface area contributed by atoms with E-state index in [1.165, 1.54) is 25.1 Å². The van der Waals surface area contributed by atoms with Crippen LogP contribution in [0.2, 0.25) is 0 Å². The van der Waals surface area contributed by atoms with Crippen LogP contribution in [0.15, 0.2) is 54.6 Å². The van der Waals surface area contributed by atoms with E-state index in [1.54, 1.807) is 18.2 Å². The van der Waals surface area contributed by atoms with Crippen LogP contribution < -0.4 is 10.6 Å². The Kier molecular flexibility index (Phi) is 9.38. The number of Topliss-reactive ketones (excluding diaryl/α,β-unsaturated/α-hetero) is 1. The van der Waals surface area contributed by atoms with Crippen molar-refractivity contribution in [3.05, 3.63) is 77.0 Å². The zero-order valence-corrected chi connectivity index (χ0v) is 21.6. The van der Waals surface area contributed by atoms with Crippen LogP contribution in [0.5, 0.6) is 5.75 Å². The monoisotopic (exact) mass is 503 g/mol. The van der Waals surface area contributed by atoms with Crippen molar-refractivity contribution >= 4 is 34.3 Å². The van der Waals surface area contributed by atoms with E-state index < -0.39 is 17.9 Å². The van der Waals surface area contributed by atoms with Crippen LogP contribution in [0.25, 0.3) is 16.6 Å². The van der Waals surface area contributed by atoms with Crippen LogP contribution in [-0.2, 0) is 16.0 Å². The highest BCUT2D eigenvalue weighted by Crippen LogP contribution is 2.24. The summed E-state index contributed by atoms with van der Waals surface area (Å²) in [6.45, 7) is 5.59. The van der Waals surface area contributed by atoms with E-state index in [2.05, 4.69) is 15.6 Å². The number of carbonyl (C=O) groups is 3. The molecular weight excluding hydrogens is 470 g/mol. The second-order valence-corrected chi connectivity index (χ2v) is 8.74. The highest BCUT2D eigenvalue weighted by Gasteiger charge is 2.23. The Morgan fingerprint density at radius 2 is 1.84 bits per heavy atom. The summed E-state index contributed by atoms with van der Waals surface area (Å²) < 4.78 is 5.47. The molecule has 0 saturated heterocycles. The number of unbranched alkanes of at least 4 members (excludes halogenated alkanes) is 1. The Bertz CT molecular complexity index is 1320. The Morgan fingerprint density at radius 1 is 1.11 bits per heavy atom. The predicted molar refractivity (Wildman–Crippen MR) is 143 cm³/mol. The minimum absolute atomic E-state index is 0.0134. The fourth-order valence-corrected chi connectivity index (χ4v) is 3.92. The summed E-state index contributed by atoms with van der Waals surface area (Å²) in [5.74, 6) is -1.22. The van der Waals surface area contributed by atoms with Crippen molar-refractivity contribution in [1.29, 1.82) is 0 Å². The Labute approximate surface area is 216 Å². The lowest BCUT2D eigenvalue weighted by atomic mass is 10.0. The van der Waals surface area contributed by atoms with Crippen molar-refractivity contribution in [2.24, 2.45) is 0 Å². The molecular formula is C29H33N3O5. The predicted octanol–water partition coefficient (Wildman–Crippen LogP) is 4.41. The van der Waals surface area contributed by atoms with Crippen molar-refractivity contribution in [2.75, 3.05) is 13.7 Å². The minimum atomic E-state index is -0.801. The molecule has 1 heterocycles. The molecule has 2 aromatic carbocycles. The average Bonchev–Trinajstić information content (AvgIpc) is 2.89. The molecule has 0 aliphatic rings. The number of phenols is 1. The van der Waals surface area contributed by atoms with Gasteiger partial charge in [0.25, 0.3) is 5.91 Å². The largest absolute Gasteiger partial charge is 0.508 e.